The molecule has 0 spiro atoms. The molecule has 0 bridgehead atoms. The molecule has 2 rings (SSSR count). The first kappa shape index (κ1) is 20.1. The Morgan fingerprint density at radius 2 is 1.85 bits per heavy atom. The van der Waals surface area contributed by atoms with Crippen molar-refractivity contribution in [3.05, 3.63) is 29.8 Å². The van der Waals surface area contributed by atoms with Crippen LogP contribution in [-0.4, -0.2) is 49.2 Å². The zero-order valence-electron chi connectivity index (χ0n) is 16.4. The van der Waals surface area contributed by atoms with Gasteiger partial charge in [0.15, 0.2) is 0 Å². The van der Waals surface area contributed by atoms with E-state index in [1.54, 1.807) is 11.9 Å². The SMILES string of the molecule is CN(Cc1ccccc1N1CCCC1)C(=O)CCNC(=O)OC(C)(C)C. The van der Waals surface area contributed by atoms with Crippen molar-refractivity contribution in [2.75, 3.05) is 31.6 Å². The summed E-state index contributed by atoms with van der Waals surface area (Å²) in [6.45, 7) is 8.42. The summed E-state index contributed by atoms with van der Waals surface area (Å²) < 4.78 is 5.17. The molecule has 1 heterocycles. The molecule has 144 valence electrons. The van der Waals surface area contributed by atoms with Crippen molar-refractivity contribution in [3.8, 4) is 0 Å². The van der Waals surface area contributed by atoms with E-state index in [-0.39, 0.29) is 18.9 Å². The Balaban J connectivity index is 1.83. The highest BCUT2D eigenvalue weighted by atomic mass is 16.6. The molecule has 0 aromatic heterocycles. The molecular formula is C20H31N3O3. The molecule has 1 saturated heterocycles. The summed E-state index contributed by atoms with van der Waals surface area (Å²) in [4.78, 5) is 28.1. The van der Waals surface area contributed by atoms with Gasteiger partial charge in [-0.05, 0) is 45.2 Å². The predicted octanol–water partition coefficient (Wildman–Crippen LogP) is 3.16. The maximum absolute atomic E-state index is 12.4. The number of nitrogens with zero attached hydrogens (tertiary/aromatic N) is 2. The van der Waals surface area contributed by atoms with E-state index in [4.69, 9.17) is 4.74 Å². The van der Waals surface area contributed by atoms with E-state index in [1.807, 2.05) is 32.9 Å². The number of hydrogen-bond acceptors (Lipinski definition) is 4. The lowest BCUT2D eigenvalue weighted by atomic mass is 10.1. The van der Waals surface area contributed by atoms with Gasteiger partial charge in [-0.25, -0.2) is 4.79 Å². The van der Waals surface area contributed by atoms with E-state index >= 15 is 0 Å². The quantitative estimate of drug-likeness (QED) is 0.845. The van der Waals surface area contributed by atoms with E-state index in [0.717, 1.165) is 18.7 Å². The monoisotopic (exact) mass is 361 g/mol. The Labute approximate surface area is 156 Å². The van der Waals surface area contributed by atoms with E-state index in [0.29, 0.717) is 6.54 Å². The van der Waals surface area contributed by atoms with Crippen molar-refractivity contribution in [2.24, 2.45) is 0 Å². The molecule has 1 N–H and O–H groups in total. The van der Waals surface area contributed by atoms with Crippen molar-refractivity contribution >= 4 is 17.7 Å². The number of carbonyl (C=O) groups is 2. The van der Waals surface area contributed by atoms with Gasteiger partial charge in [-0.3, -0.25) is 4.79 Å². The molecule has 1 aromatic rings. The summed E-state index contributed by atoms with van der Waals surface area (Å²) in [6, 6.07) is 8.26. The summed E-state index contributed by atoms with van der Waals surface area (Å²) in [5, 5.41) is 2.63. The van der Waals surface area contributed by atoms with Crippen LogP contribution in [-0.2, 0) is 16.1 Å². The first-order valence-electron chi connectivity index (χ1n) is 9.30. The van der Waals surface area contributed by atoms with Gasteiger partial charge in [-0.1, -0.05) is 18.2 Å². The van der Waals surface area contributed by atoms with Crippen LogP contribution in [0.3, 0.4) is 0 Å². The number of amides is 2. The van der Waals surface area contributed by atoms with E-state index in [2.05, 4.69) is 22.3 Å². The third-order valence-corrected chi connectivity index (χ3v) is 4.28. The van der Waals surface area contributed by atoms with Gasteiger partial charge in [-0.15, -0.1) is 0 Å². The van der Waals surface area contributed by atoms with Crippen LogP contribution in [0.15, 0.2) is 24.3 Å². The second-order valence-corrected chi connectivity index (χ2v) is 7.75. The van der Waals surface area contributed by atoms with Gasteiger partial charge >= 0.3 is 6.09 Å². The number of benzene rings is 1. The van der Waals surface area contributed by atoms with Crippen LogP contribution >= 0.6 is 0 Å². The average Bonchev–Trinajstić information content (AvgIpc) is 3.07. The molecule has 1 aromatic carbocycles. The Morgan fingerprint density at radius 1 is 1.19 bits per heavy atom. The molecule has 1 fully saturated rings. The number of carbonyl (C=O) groups excluding carboxylic acids is 2. The first-order chi connectivity index (χ1) is 12.3. The fourth-order valence-electron chi connectivity index (χ4n) is 3.03. The fraction of sp³-hybridized carbons (Fsp3) is 0.600. The number of rotatable bonds is 6. The molecule has 0 saturated carbocycles. The maximum Gasteiger partial charge on any atom is 0.407 e. The Morgan fingerprint density at radius 3 is 2.50 bits per heavy atom. The lowest BCUT2D eigenvalue weighted by Gasteiger charge is -2.24. The molecule has 1 aliphatic rings. The standard InChI is InChI=1S/C20H31N3O3/c1-20(2,3)26-19(25)21-12-11-18(24)22(4)15-16-9-5-6-10-17(16)23-13-7-8-14-23/h5-6,9-10H,7-8,11-15H2,1-4H3,(H,21,25). The molecule has 2 amide bonds. The summed E-state index contributed by atoms with van der Waals surface area (Å²) in [5.74, 6) is -0.00252. The number of anilines is 1. The maximum atomic E-state index is 12.4. The first-order valence-corrected chi connectivity index (χ1v) is 9.30. The van der Waals surface area contributed by atoms with Gasteiger partial charge in [0.2, 0.25) is 5.91 Å². The van der Waals surface area contributed by atoms with Crippen molar-refractivity contribution < 1.29 is 14.3 Å². The summed E-state index contributed by atoms with van der Waals surface area (Å²) in [5.41, 5.74) is 1.84. The molecule has 26 heavy (non-hydrogen) atoms. The normalized spacial score (nSPS) is 14.2. The second kappa shape index (κ2) is 8.92. The average molecular weight is 361 g/mol. The molecular weight excluding hydrogens is 330 g/mol. The molecule has 6 heteroatoms. The minimum Gasteiger partial charge on any atom is -0.444 e. The summed E-state index contributed by atoms with van der Waals surface area (Å²) >= 11 is 0. The van der Waals surface area contributed by atoms with E-state index < -0.39 is 11.7 Å². The number of nitrogens with one attached hydrogen (secondary N) is 1. The number of alkyl carbamates (subject to hydrolysis) is 1. The fourth-order valence-corrected chi connectivity index (χ4v) is 3.03. The van der Waals surface area contributed by atoms with Gasteiger partial charge < -0.3 is 19.9 Å². The number of ether oxygens (including phenoxy) is 1. The zero-order valence-corrected chi connectivity index (χ0v) is 16.4. The van der Waals surface area contributed by atoms with Crippen molar-refractivity contribution in [1.82, 2.24) is 10.2 Å². The van der Waals surface area contributed by atoms with Crippen LogP contribution < -0.4 is 10.2 Å². The third kappa shape index (κ3) is 6.24. The molecule has 0 aliphatic carbocycles. The topological polar surface area (TPSA) is 61.9 Å². The van der Waals surface area contributed by atoms with Gasteiger partial charge in [0.1, 0.15) is 5.60 Å². The highest BCUT2D eigenvalue weighted by molar-refractivity contribution is 5.77. The molecule has 0 unspecified atom stereocenters. The Hall–Kier alpha value is -2.24. The lowest BCUT2D eigenvalue weighted by Crippen LogP contribution is -2.35. The highest BCUT2D eigenvalue weighted by Gasteiger charge is 2.19. The van der Waals surface area contributed by atoms with Gasteiger partial charge in [0.05, 0.1) is 0 Å². The molecule has 0 radical (unpaired) electrons. The van der Waals surface area contributed by atoms with Crippen molar-refractivity contribution in [1.29, 1.82) is 0 Å². The minimum absolute atomic E-state index is 0.00252. The van der Waals surface area contributed by atoms with Gasteiger partial charge in [0, 0.05) is 45.3 Å². The highest BCUT2D eigenvalue weighted by Crippen LogP contribution is 2.25. The molecule has 6 nitrogen and oxygen atoms in total. The molecule has 0 atom stereocenters. The smallest absolute Gasteiger partial charge is 0.407 e. The van der Waals surface area contributed by atoms with E-state index in [9.17, 15) is 9.59 Å². The van der Waals surface area contributed by atoms with Crippen LogP contribution in [0.4, 0.5) is 10.5 Å². The second-order valence-electron chi connectivity index (χ2n) is 7.75. The van der Waals surface area contributed by atoms with Crippen LogP contribution in [0, 0.1) is 0 Å². The summed E-state index contributed by atoms with van der Waals surface area (Å²) in [6.07, 6.45) is 2.20. The van der Waals surface area contributed by atoms with Crippen molar-refractivity contribution in [2.45, 2.75) is 52.2 Å². The van der Waals surface area contributed by atoms with Crippen LogP contribution in [0.25, 0.3) is 0 Å². The predicted molar refractivity (Wildman–Crippen MR) is 103 cm³/mol. The minimum atomic E-state index is -0.538. The zero-order chi connectivity index (χ0) is 19.2. The van der Waals surface area contributed by atoms with Crippen LogP contribution in [0.1, 0.15) is 45.6 Å². The lowest BCUT2D eigenvalue weighted by molar-refractivity contribution is -0.130. The van der Waals surface area contributed by atoms with Crippen LogP contribution in [0.2, 0.25) is 0 Å². The van der Waals surface area contributed by atoms with Crippen LogP contribution in [0.5, 0.6) is 0 Å². The van der Waals surface area contributed by atoms with Crippen molar-refractivity contribution in [3.63, 3.8) is 0 Å². The third-order valence-electron chi connectivity index (χ3n) is 4.28. The van der Waals surface area contributed by atoms with Gasteiger partial charge in [-0.2, -0.15) is 0 Å². The number of hydrogen-bond donors (Lipinski definition) is 1. The largest absolute Gasteiger partial charge is 0.444 e. The van der Waals surface area contributed by atoms with E-state index in [1.165, 1.54) is 18.5 Å². The van der Waals surface area contributed by atoms with Gasteiger partial charge in [0.25, 0.3) is 0 Å². The Bertz CT molecular complexity index is 619. The summed E-state index contributed by atoms with van der Waals surface area (Å²) in [7, 11) is 1.80. The molecule has 1 aliphatic heterocycles. The Kier molecular flexibility index (Phi) is 6.89. The number of para-hydroxylation sites is 1.